The van der Waals surface area contributed by atoms with Gasteiger partial charge in [-0.15, -0.1) is 0 Å². The zero-order valence-corrected chi connectivity index (χ0v) is 15.4. The number of benzene rings is 1. The van der Waals surface area contributed by atoms with Gasteiger partial charge in [-0.2, -0.15) is 5.10 Å². The van der Waals surface area contributed by atoms with E-state index in [1.165, 1.54) is 0 Å². The predicted molar refractivity (Wildman–Crippen MR) is 103 cm³/mol. The van der Waals surface area contributed by atoms with Gasteiger partial charge in [-0.05, 0) is 32.3 Å². The normalized spacial score (nSPS) is 17.1. The number of pyridine rings is 1. The second-order valence-corrected chi connectivity index (χ2v) is 6.71. The van der Waals surface area contributed by atoms with Crippen molar-refractivity contribution in [2.45, 2.75) is 38.8 Å². The van der Waals surface area contributed by atoms with E-state index in [1.54, 1.807) is 16.9 Å². The Bertz CT molecular complexity index is 930. The van der Waals surface area contributed by atoms with Gasteiger partial charge in [0.15, 0.2) is 5.65 Å². The van der Waals surface area contributed by atoms with E-state index < -0.39 is 0 Å². The number of rotatable bonds is 5. The van der Waals surface area contributed by atoms with Gasteiger partial charge >= 0.3 is 5.97 Å². The minimum Gasteiger partial charge on any atom is -0.459 e. The molecular formula is C21H23N3O3. The summed E-state index contributed by atoms with van der Waals surface area (Å²) in [4.78, 5) is 17.6. The average Bonchev–Trinajstić information content (AvgIpc) is 3.16. The Morgan fingerprint density at radius 1 is 1.30 bits per heavy atom. The molecule has 3 aromatic rings. The average molecular weight is 365 g/mol. The molecule has 140 valence electrons. The molecule has 3 heterocycles. The highest BCUT2D eigenvalue weighted by Crippen LogP contribution is 2.25. The number of carbonyl (C=O) groups is 1. The number of nitrogens with zero attached hydrogens (tertiary/aromatic N) is 3. The van der Waals surface area contributed by atoms with Crippen molar-refractivity contribution in [3.63, 3.8) is 0 Å². The second-order valence-electron chi connectivity index (χ2n) is 6.71. The van der Waals surface area contributed by atoms with E-state index >= 15 is 0 Å². The maximum Gasteiger partial charge on any atom is 0.339 e. The Kier molecular flexibility index (Phi) is 5.16. The molecular weight excluding hydrogens is 342 g/mol. The maximum absolute atomic E-state index is 12.8. The molecule has 4 rings (SSSR count). The fourth-order valence-electron chi connectivity index (χ4n) is 3.39. The van der Waals surface area contributed by atoms with Gasteiger partial charge in [-0.25, -0.2) is 14.5 Å². The van der Waals surface area contributed by atoms with Crippen LogP contribution in [-0.2, 0) is 16.0 Å². The summed E-state index contributed by atoms with van der Waals surface area (Å²) < 4.78 is 13.0. The Hall–Kier alpha value is -2.73. The molecule has 0 saturated carbocycles. The SMILES string of the molecule is CCn1ncc2c(C(=O)OCC3CCCCO3)cc(-c3ccccc3)nc21. The van der Waals surface area contributed by atoms with Crippen LogP contribution in [0.3, 0.4) is 0 Å². The molecule has 1 atom stereocenters. The zero-order chi connectivity index (χ0) is 18.6. The first-order valence-corrected chi connectivity index (χ1v) is 9.47. The van der Waals surface area contributed by atoms with Crippen LogP contribution in [-0.4, -0.2) is 40.1 Å². The highest BCUT2D eigenvalue weighted by molar-refractivity contribution is 6.03. The molecule has 0 N–H and O–H groups in total. The molecule has 1 fully saturated rings. The summed E-state index contributed by atoms with van der Waals surface area (Å²) >= 11 is 0. The molecule has 1 saturated heterocycles. The van der Waals surface area contributed by atoms with Crippen LogP contribution in [0.1, 0.15) is 36.5 Å². The van der Waals surface area contributed by atoms with E-state index in [9.17, 15) is 4.79 Å². The molecule has 0 aliphatic carbocycles. The summed E-state index contributed by atoms with van der Waals surface area (Å²) in [6.07, 6.45) is 4.80. The third-order valence-corrected chi connectivity index (χ3v) is 4.87. The largest absolute Gasteiger partial charge is 0.459 e. The van der Waals surface area contributed by atoms with Crippen LogP contribution in [0, 0.1) is 0 Å². The molecule has 1 aromatic carbocycles. The molecule has 2 aromatic heterocycles. The van der Waals surface area contributed by atoms with Crippen molar-refractivity contribution in [1.82, 2.24) is 14.8 Å². The third kappa shape index (κ3) is 3.71. The van der Waals surface area contributed by atoms with E-state index in [4.69, 9.17) is 14.5 Å². The molecule has 1 aliphatic heterocycles. The predicted octanol–water partition coefficient (Wildman–Crippen LogP) is 3.84. The Morgan fingerprint density at radius 3 is 2.89 bits per heavy atom. The van der Waals surface area contributed by atoms with Crippen LogP contribution in [0.4, 0.5) is 0 Å². The fraction of sp³-hybridized carbons (Fsp3) is 0.381. The van der Waals surface area contributed by atoms with Gasteiger partial charge in [-0.3, -0.25) is 0 Å². The highest BCUT2D eigenvalue weighted by Gasteiger charge is 2.21. The molecule has 6 nitrogen and oxygen atoms in total. The molecule has 0 amide bonds. The second kappa shape index (κ2) is 7.88. The van der Waals surface area contributed by atoms with Crippen molar-refractivity contribution < 1.29 is 14.3 Å². The van der Waals surface area contributed by atoms with Crippen molar-refractivity contribution in [3.05, 3.63) is 48.2 Å². The molecule has 1 aliphatic rings. The van der Waals surface area contributed by atoms with E-state index in [0.717, 1.165) is 37.1 Å². The van der Waals surface area contributed by atoms with Crippen LogP contribution in [0.25, 0.3) is 22.3 Å². The summed E-state index contributed by atoms with van der Waals surface area (Å²) in [7, 11) is 0. The van der Waals surface area contributed by atoms with Crippen LogP contribution < -0.4 is 0 Å². The lowest BCUT2D eigenvalue weighted by molar-refractivity contribution is -0.0299. The number of aryl methyl sites for hydroxylation is 1. The number of hydrogen-bond acceptors (Lipinski definition) is 5. The smallest absolute Gasteiger partial charge is 0.339 e. The lowest BCUT2D eigenvalue weighted by Gasteiger charge is -2.22. The van der Waals surface area contributed by atoms with Crippen molar-refractivity contribution in [2.75, 3.05) is 13.2 Å². The number of fused-ring (bicyclic) bond motifs is 1. The van der Waals surface area contributed by atoms with Crippen molar-refractivity contribution in [3.8, 4) is 11.3 Å². The molecule has 27 heavy (non-hydrogen) atoms. The number of hydrogen-bond donors (Lipinski definition) is 0. The first-order chi connectivity index (χ1) is 13.3. The number of carbonyl (C=O) groups excluding carboxylic acids is 1. The van der Waals surface area contributed by atoms with Crippen LogP contribution in [0.5, 0.6) is 0 Å². The summed E-state index contributed by atoms with van der Waals surface area (Å²) in [6, 6.07) is 11.6. The van der Waals surface area contributed by atoms with Crippen LogP contribution >= 0.6 is 0 Å². The van der Waals surface area contributed by atoms with E-state index in [-0.39, 0.29) is 18.7 Å². The van der Waals surface area contributed by atoms with Gasteiger partial charge in [0.1, 0.15) is 6.61 Å². The van der Waals surface area contributed by atoms with Crippen molar-refractivity contribution in [1.29, 1.82) is 0 Å². The van der Waals surface area contributed by atoms with Gasteiger partial charge in [-0.1, -0.05) is 30.3 Å². The van der Waals surface area contributed by atoms with E-state index in [1.807, 2.05) is 37.3 Å². The van der Waals surface area contributed by atoms with Gasteiger partial charge in [0.25, 0.3) is 0 Å². The van der Waals surface area contributed by atoms with Gasteiger partial charge in [0.05, 0.1) is 28.9 Å². The molecule has 0 bridgehead atoms. The molecule has 6 heteroatoms. The first-order valence-electron chi connectivity index (χ1n) is 9.47. The van der Waals surface area contributed by atoms with Gasteiger partial charge in [0, 0.05) is 18.7 Å². The summed E-state index contributed by atoms with van der Waals surface area (Å²) in [6.45, 7) is 3.70. The van der Waals surface area contributed by atoms with Gasteiger partial charge < -0.3 is 9.47 Å². The number of aromatic nitrogens is 3. The lowest BCUT2D eigenvalue weighted by atomic mass is 10.1. The van der Waals surface area contributed by atoms with Crippen molar-refractivity contribution in [2.24, 2.45) is 0 Å². The lowest BCUT2D eigenvalue weighted by Crippen LogP contribution is -2.26. The summed E-state index contributed by atoms with van der Waals surface area (Å²) in [5, 5.41) is 5.08. The maximum atomic E-state index is 12.8. The Labute approximate surface area is 158 Å². The van der Waals surface area contributed by atoms with Crippen molar-refractivity contribution >= 4 is 17.0 Å². The van der Waals surface area contributed by atoms with E-state index in [2.05, 4.69) is 5.10 Å². The highest BCUT2D eigenvalue weighted by atomic mass is 16.6. The quantitative estimate of drug-likeness (QED) is 0.643. The first kappa shape index (κ1) is 17.7. The number of ether oxygens (including phenoxy) is 2. The third-order valence-electron chi connectivity index (χ3n) is 4.87. The molecule has 0 radical (unpaired) electrons. The zero-order valence-electron chi connectivity index (χ0n) is 15.4. The Morgan fingerprint density at radius 2 is 2.15 bits per heavy atom. The van der Waals surface area contributed by atoms with Crippen LogP contribution in [0.2, 0.25) is 0 Å². The summed E-state index contributed by atoms with van der Waals surface area (Å²) in [5.41, 5.74) is 2.88. The minimum absolute atomic E-state index is 0.00742. The molecule has 1 unspecified atom stereocenters. The fourth-order valence-corrected chi connectivity index (χ4v) is 3.39. The van der Waals surface area contributed by atoms with Crippen LogP contribution in [0.15, 0.2) is 42.6 Å². The monoisotopic (exact) mass is 365 g/mol. The number of esters is 1. The van der Waals surface area contributed by atoms with Gasteiger partial charge in [0.2, 0.25) is 0 Å². The summed E-state index contributed by atoms with van der Waals surface area (Å²) in [5.74, 6) is -0.357. The topological polar surface area (TPSA) is 66.2 Å². The van der Waals surface area contributed by atoms with E-state index in [0.29, 0.717) is 23.1 Å². The Balaban J connectivity index is 1.67. The standard InChI is InChI=1S/C21H23N3O3/c1-2-24-20-18(13-22-24)17(12-19(23-20)15-8-4-3-5-9-15)21(25)27-14-16-10-6-7-11-26-16/h3-5,8-9,12-13,16H,2,6-7,10-11,14H2,1H3. The minimum atomic E-state index is -0.357. The molecule has 0 spiro atoms.